The first kappa shape index (κ1) is 15.1. The summed E-state index contributed by atoms with van der Waals surface area (Å²) in [5.74, 6) is 0.180. The fourth-order valence-electron chi connectivity index (χ4n) is 1.17. The van der Waals surface area contributed by atoms with Crippen LogP contribution >= 0.6 is 27.3 Å². The van der Waals surface area contributed by atoms with E-state index in [2.05, 4.69) is 21.2 Å². The summed E-state index contributed by atoms with van der Waals surface area (Å²) in [6.07, 6.45) is 0. The molecule has 0 aromatic carbocycles. The Bertz CT molecular complexity index is 460. The molecule has 0 unspecified atom stereocenters. The minimum absolute atomic E-state index is 0.180. The number of hydrogen-bond acceptors (Lipinski definition) is 4. The largest absolute Gasteiger partial charge is 0.311 e. The third-order valence-electron chi connectivity index (χ3n) is 2.46. The minimum atomic E-state index is -3.02. The van der Waals surface area contributed by atoms with Crippen molar-refractivity contribution < 1.29 is 8.42 Å². The fourth-order valence-corrected chi connectivity index (χ4v) is 3.65. The molecule has 0 amide bonds. The monoisotopic (exact) mass is 339 g/mol. The van der Waals surface area contributed by atoms with Crippen LogP contribution in [0.5, 0.6) is 0 Å². The van der Waals surface area contributed by atoms with Gasteiger partial charge in [-0.3, -0.25) is 0 Å². The number of halogens is 1. The molecule has 1 aromatic rings. The zero-order valence-corrected chi connectivity index (χ0v) is 13.5. The molecule has 1 aromatic heterocycles. The van der Waals surface area contributed by atoms with E-state index in [1.165, 1.54) is 4.88 Å². The number of nitrogens with one attached hydrogen (secondary N) is 1. The maximum atomic E-state index is 11.8. The van der Waals surface area contributed by atoms with E-state index in [1.54, 1.807) is 32.1 Å². The molecule has 0 fully saturated rings. The highest BCUT2D eigenvalue weighted by atomic mass is 79.9. The standard InChI is InChI=1S/C11H18BrNO2S2/c1-11(2,3)17(14,15)7-5-13-8-10-9(12)4-6-16-10/h4,6,13H,5,7-8H2,1-3H3. The lowest BCUT2D eigenvalue weighted by Gasteiger charge is -2.19. The second-order valence-electron chi connectivity index (χ2n) is 4.80. The molecule has 0 aliphatic rings. The predicted molar refractivity (Wildman–Crippen MR) is 77.3 cm³/mol. The summed E-state index contributed by atoms with van der Waals surface area (Å²) in [5.41, 5.74) is 0. The molecule has 17 heavy (non-hydrogen) atoms. The topological polar surface area (TPSA) is 46.2 Å². The smallest absolute Gasteiger partial charge is 0.156 e. The number of sulfone groups is 1. The van der Waals surface area contributed by atoms with E-state index >= 15 is 0 Å². The van der Waals surface area contributed by atoms with Gasteiger partial charge in [0.25, 0.3) is 0 Å². The van der Waals surface area contributed by atoms with Gasteiger partial charge in [0.1, 0.15) is 0 Å². The van der Waals surface area contributed by atoms with Gasteiger partial charge >= 0.3 is 0 Å². The molecule has 1 rings (SSSR count). The van der Waals surface area contributed by atoms with Crippen molar-refractivity contribution in [2.24, 2.45) is 0 Å². The van der Waals surface area contributed by atoms with Crippen LogP contribution in [0.15, 0.2) is 15.9 Å². The van der Waals surface area contributed by atoms with Gasteiger partial charge in [-0.2, -0.15) is 0 Å². The number of rotatable bonds is 5. The quantitative estimate of drug-likeness (QED) is 0.839. The Hall–Kier alpha value is 0.0900. The maximum Gasteiger partial charge on any atom is 0.156 e. The molecule has 0 atom stereocenters. The van der Waals surface area contributed by atoms with Crippen molar-refractivity contribution in [3.63, 3.8) is 0 Å². The molecular weight excluding hydrogens is 322 g/mol. The second-order valence-corrected chi connectivity index (χ2v) is 9.52. The van der Waals surface area contributed by atoms with Crippen LogP contribution in [0.3, 0.4) is 0 Å². The molecule has 0 saturated heterocycles. The molecule has 6 heteroatoms. The minimum Gasteiger partial charge on any atom is -0.311 e. The molecule has 3 nitrogen and oxygen atoms in total. The Kier molecular flexibility index (Phi) is 5.19. The third kappa shape index (κ3) is 4.35. The van der Waals surface area contributed by atoms with Crippen molar-refractivity contribution in [3.8, 4) is 0 Å². The Labute approximate surface area is 116 Å². The van der Waals surface area contributed by atoms with Gasteiger partial charge in [-0.05, 0) is 48.1 Å². The van der Waals surface area contributed by atoms with Crippen molar-refractivity contribution in [1.29, 1.82) is 0 Å². The Morgan fingerprint density at radius 1 is 1.41 bits per heavy atom. The summed E-state index contributed by atoms with van der Waals surface area (Å²) in [6.45, 7) is 6.40. The summed E-state index contributed by atoms with van der Waals surface area (Å²) < 4.78 is 24.1. The lowest BCUT2D eigenvalue weighted by molar-refractivity contribution is 0.556. The van der Waals surface area contributed by atoms with Crippen LogP contribution < -0.4 is 5.32 Å². The van der Waals surface area contributed by atoms with Gasteiger partial charge in [-0.25, -0.2) is 8.42 Å². The summed E-state index contributed by atoms with van der Waals surface area (Å²) >= 11 is 5.10. The first-order chi connectivity index (χ1) is 7.74. The van der Waals surface area contributed by atoms with Crippen molar-refractivity contribution in [1.82, 2.24) is 5.32 Å². The van der Waals surface area contributed by atoms with Crippen molar-refractivity contribution in [2.45, 2.75) is 32.1 Å². The van der Waals surface area contributed by atoms with E-state index in [1.807, 2.05) is 11.4 Å². The van der Waals surface area contributed by atoms with Crippen molar-refractivity contribution >= 4 is 37.1 Å². The zero-order valence-electron chi connectivity index (χ0n) is 10.3. The van der Waals surface area contributed by atoms with Gasteiger partial charge in [0, 0.05) is 22.4 Å². The predicted octanol–water partition coefficient (Wildman–Crippen LogP) is 2.81. The average molecular weight is 340 g/mol. The first-order valence-electron chi connectivity index (χ1n) is 5.39. The lowest BCUT2D eigenvalue weighted by atomic mass is 10.3. The first-order valence-corrected chi connectivity index (χ1v) is 8.71. The van der Waals surface area contributed by atoms with Gasteiger partial charge in [-0.15, -0.1) is 11.3 Å². The lowest BCUT2D eigenvalue weighted by Crippen LogP contribution is -2.34. The van der Waals surface area contributed by atoms with Crippen LogP contribution in [0.25, 0.3) is 0 Å². The molecule has 0 radical (unpaired) electrons. The normalized spacial score (nSPS) is 12.9. The molecule has 1 N–H and O–H groups in total. The Morgan fingerprint density at radius 3 is 2.53 bits per heavy atom. The van der Waals surface area contributed by atoms with Crippen molar-refractivity contribution in [2.75, 3.05) is 12.3 Å². The number of thiophene rings is 1. The van der Waals surface area contributed by atoms with E-state index in [0.717, 1.165) is 4.47 Å². The van der Waals surface area contributed by atoms with E-state index in [-0.39, 0.29) is 5.75 Å². The molecule has 1 heterocycles. The van der Waals surface area contributed by atoms with Crippen LogP contribution in [0.1, 0.15) is 25.6 Å². The molecule has 0 aliphatic heterocycles. The molecule has 0 spiro atoms. The molecule has 0 aliphatic carbocycles. The molecule has 0 saturated carbocycles. The van der Waals surface area contributed by atoms with E-state index in [0.29, 0.717) is 13.1 Å². The van der Waals surface area contributed by atoms with Gasteiger partial charge in [-0.1, -0.05) is 0 Å². The van der Waals surface area contributed by atoms with Gasteiger partial charge in [0.2, 0.25) is 0 Å². The summed E-state index contributed by atoms with van der Waals surface area (Å²) in [4.78, 5) is 1.19. The van der Waals surface area contributed by atoms with Crippen LogP contribution in [0, 0.1) is 0 Å². The molecule has 98 valence electrons. The van der Waals surface area contributed by atoms with E-state index < -0.39 is 14.6 Å². The SMILES string of the molecule is CC(C)(C)S(=O)(=O)CCNCc1sccc1Br. The highest BCUT2D eigenvalue weighted by molar-refractivity contribution is 9.10. The number of hydrogen-bond donors (Lipinski definition) is 1. The van der Waals surface area contributed by atoms with Crippen LogP contribution in [-0.4, -0.2) is 25.5 Å². The molecule has 0 bridgehead atoms. The van der Waals surface area contributed by atoms with Crippen LogP contribution in [0.4, 0.5) is 0 Å². The van der Waals surface area contributed by atoms with Gasteiger partial charge in [0.15, 0.2) is 9.84 Å². The maximum absolute atomic E-state index is 11.8. The highest BCUT2D eigenvalue weighted by Crippen LogP contribution is 2.22. The Morgan fingerprint density at radius 2 is 2.06 bits per heavy atom. The zero-order chi connectivity index (χ0) is 13.1. The second kappa shape index (κ2) is 5.82. The van der Waals surface area contributed by atoms with Gasteiger partial charge in [0.05, 0.1) is 10.5 Å². The van der Waals surface area contributed by atoms with Crippen LogP contribution in [-0.2, 0) is 16.4 Å². The summed E-state index contributed by atoms with van der Waals surface area (Å²) in [6, 6.07) is 1.99. The van der Waals surface area contributed by atoms with E-state index in [4.69, 9.17) is 0 Å². The Balaban J connectivity index is 2.37. The third-order valence-corrected chi connectivity index (χ3v) is 6.99. The van der Waals surface area contributed by atoms with Crippen LogP contribution in [0.2, 0.25) is 0 Å². The van der Waals surface area contributed by atoms with Crippen molar-refractivity contribution in [3.05, 3.63) is 20.8 Å². The van der Waals surface area contributed by atoms with E-state index in [9.17, 15) is 8.42 Å². The average Bonchev–Trinajstić information content (AvgIpc) is 2.57. The van der Waals surface area contributed by atoms with Gasteiger partial charge < -0.3 is 5.32 Å². The fraction of sp³-hybridized carbons (Fsp3) is 0.636. The molecular formula is C11H18BrNO2S2. The summed E-state index contributed by atoms with van der Waals surface area (Å²) in [5, 5.41) is 5.17. The highest BCUT2D eigenvalue weighted by Gasteiger charge is 2.27. The summed E-state index contributed by atoms with van der Waals surface area (Å²) in [7, 11) is -3.02.